The number of nitrogens with one attached hydrogen (secondary N) is 3. The minimum atomic E-state index is -0.142. The topological polar surface area (TPSA) is 70.2 Å². The van der Waals surface area contributed by atoms with Crippen LogP contribution in [0.1, 0.15) is 43.0 Å². The molecule has 1 aromatic carbocycles. The molecule has 2 rings (SSSR count). The molecule has 1 aliphatic rings. The molecule has 0 spiro atoms. The minimum absolute atomic E-state index is 0.0110. The molecule has 0 aliphatic heterocycles. The van der Waals surface area contributed by atoms with E-state index in [9.17, 15) is 9.59 Å². The Morgan fingerprint density at radius 1 is 1.14 bits per heavy atom. The lowest BCUT2D eigenvalue weighted by Gasteiger charge is -2.08. The van der Waals surface area contributed by atoms with Gasteiger partial charge in [0.15, 0.2) is 0 Å². The third-order valence-corrected chi connectivity index (χ3v) is 3.31. The number of hydrogen-bond acceptors (Lipinski definition) is 3. The Morgan fingerprint density at radius 2 is 1.86 bits per heavy atom. The molecule has 0 bridgehead atoms. The van der Waals surface area contributed by atoms with Crippen molar-refractivity contribution in [2.45, 2.75) is 38.6 Å². The van der Waals surface area contributed by atoms with E-state index in [0.29, 0.717) is 24.6 Å². The van der Waals surface area contributed by atoms with Gasteiger partial charge in [0.05, 0.1) is 0 Å². The number of rotatable bonds is 8. The molecule has 0 unspecified atom stereocenters. The van der Waals surface area contributed by atoms with Crippen LogP contribution in [-0.2, 0) is 4.79 Å². The Bertz CT molecular complexity index is 481. The molecule has 1 saturated carbocycles. The second-order valence-electron chi connectivity index (χ2n) is 5.35. The van der Waals surface area contributed by atoms with E-state index in [-0.39, 0.29) is 11.8 Å². The van der Waals surface area contributed by atoms with E-state index < -0.39 is 0 Å². The number of amides is 2. The smallest absolute Gasteiger partial charge is 0.251 e. The first-order valence-electron chi connectivity index (χ1n) is 7.60. The van der Waals surface area contributed by atoms with Crippen molar-refractivity contribution in [1.82, 2.24) is 10.6 Å². The zero-order chi connectivity index (χ0) is 15.1. The minimum Gasteiger partial charge on any atom is -0.385 e. The highest BCUT2D eigenvalue weighted by atomic mass is 16.2. The Morgan fingerprint density at radius 3 is 2.48 bits per heavy atom. The van der Waals surface area contributed by atoms with Crippen molar-refractivity contribution in [3.8, 4) is 0 Å². The third-order valence-electron chi connectivity index (χ3n) is 3.31. The predicted molar refractivity (Wildman–Crippen MR) is 83.3 cm³/mol. The highest BCUT2D eigenvalue weighted by Gasteiger charge is 2.22. The molecule has 5 nitrogen and oxygen atoms in total. The molecule has 114 valence electrons. The number of benzene rings is 1. The van der Waals surface area contributed by atoms with Crippen LogP contribution >= 0.6 is 0 Å². The maximum atomic E-state index is 11.9. The van der Waals surface area contributed by atoms with Crippen molar-refractivity contribution in [3.63, 3.8) is 0 Å². The van der Waals surface area contributed by atoms with Crippen molar-refractivity contribution in [2.24, 2.45) is 0 Å². The van der Waals surface area contributed by atoms with Gasteiger partial charge < -0.3 is 16.0 Å². The van der Waals surface area contributed by atoms with E-state index in [1.807, 2.05) is 12.1 Å². The summed E-state index contributed by atoms with van der Waals surface area (Å²) in [6.45, 7) is 3.39. The first kappa shape index (κ1) is 15.4. The van der Waals surface area contributed by atoms with E-state index >= 15 is 0 Å². The second kappa shape index (κ2) is 7.67. The van der Waals surface area contributed by atoms with Gasteiger partial charge in [-0.1, -0.05) is 6.92 Å². The standard InChI is InChI=1S/C16H23N3O2/c1-2-10-17-13-5-3-12(4-6-13)16(21)18-11-9-15(20)19-14-7-8-14/h3-6,14,17H,2,7-11H2,1H3,(H,18,21)(H,19,20). The predicted octanol–water partition coefficient (Wildman–Crippen LogP) is 1.91. The average molecular weight is 289 g/mol. The van der Waals surface area contributed by atoms with Gasteiger partial charge in [0, 0.05) is 36.8 Å². The Kier molecular flexibility index (Phi) is 5.60. The molecule has 0 atom stereocenters. The molecule has 3 N–H and O–H groups in total. The molecular formula is C16H23N3O2. The fraction of sp³-hybridized carbons (Fsp3) is 0.500. The van der Waals surface area contributed by atoms with Crippen molar-refractivity contribution in [3.05, 3.63) is 29.8 Å². The van der Waals surface area contributed by atoms with E-state index in [1.165, 1.54) is 0 Å². The van der Waals surface area contributed by atoms with Gasteiger partial charge in [-0.2, -0.15) is 0 Å². The molecule has 0 aromatic heterocycles. The highest BCUT2D eigenvalue weighted by Crippen LogP contribution is 2.18. The van der Waals surface area contributed by atoms with Crippen LogP contribution < -0.4 is 16.0 Å². The summed E-state index contributed by atoms with van der Waals surface area (Å²) >= 11 is 0. The number of carbonyl (C=O) groups is 2. The summed E-state index contributed by atoms with van der Waals surface area (Å²) in [5, 5.41) is 8.92. The van der Waals surface area contributed by atoms with Crippen LogP contribution in [0, 0.1) is 0 Å². The zero-order valence-corrected chi connectivity index (χ0v) is 12.4. The van der Waals surface area contributed by atoms with Crippen LogP contribution in [0.3, 0.4) is 0 Å². The van der Waals surface area contributed by atoms with Gasteiger partial charge in [0.25, 0.3) is 5.91 Å². The van der Waals surface area contributed by atoms with Gasteiger partial charge >= 0.3 is 0 Å². The molecule has 0 heterocycles. The Hall–Kier alpha value is -2.04. The molecule has 2 amide bonds. The van der Waals surface area contributed by atoms with Gasteiger partial charge in [0.2, 0.25) is 5.91 Å². The molecule has 0 radical (unpaired) electrons. The maximum Gasteiger partial charge on any atom is 0.251 e. The lowest BCUT2D eigenvalue weighted by atomic mass is 10.2. The van der Waals surface area contributed by atoms with Gasteiger partial charge in [-0.05, 0) is 43.5 Å². The summed E-state index contributed by atoms with van der Waals surface area (Å²) < 4.78 is 0. The van der Waals surface area contributed by atoms with Crippen LogP contribution in [0.5, 0.6) is 0 Å². The summed E-state index contributed by atoms with van der Waals surface area (Å²) in [4.78, 5) is 23.4. The van der Waals surface area contributed by atoms with E-state index in [4.69, 9.17) is 0 Å². The van der Waals surface area contributed by atoms with Gasteiger partial charge in [-0.25, -0.2) is 0 Å². The lowest BCUT2D eigenvalue weighted by Crippen LogP contribution is -2.31. The fourth-order valence-corrected chi connectivity index (χ4v) is 1.93. The highest BCUT2D eigenvalue weighted by molar-refractivity contribution is 5.94. The number of hydrogen-bond donors (Lipinski definition) is 3. The normalized spacial score (nSPS) is 13.6. The second-order valence-corrected chi connectivity index (χ2v) is 5.35. The number of anilines is 1. The summed E-state index contributed by atoms with van der Waals surface area (Å²) in [6, 6.07) is 7.74. The zero-order valence-electron chi connectivity index (χ0n) is 12.4. The summed E-state index contributed by atoms with van der Waals surface area (Å²) in [6.07, 6.45) is 3.55. The molecule has 1 aromatic rings. The molecule has 21 heavy (non-hydrogen) atoms. The Balaban J connectivity index is 1.70. The molecule has 0 saturated heterocycles. The van der Waals surface area contributed by atoms with Crippen molar-refractivity contribution >= 4 is 17.5 Å². The van der Waals surface area contributed by atoms with Crippen LogP contribution in [0.25, 0.3) is 0 Å². The van der Waals surface area contributed by atoms with Crippen molar-refractivity contribution in [2.75, 3.05) is 18.4 Å². The van der Waals surface area contributed by atoms with Gasteiger partial charge in [-0.15, -0.1) is 0 Å². The molecule has 1 fully saturated rings. The molecular weight excluding hydrogens is 266 g/mol. The maximum absolute atomic E-state index is 11.9. The van der Waals surface area contributed by atoms with Crippen LogP contribution in [-0.4, -0.2) is 30.9 Å². The van der Waals surface area contributed by atoms with Crippen LogP contribution in [0.15, 0.2) is 24.3 Å². The average Bonchev–Trinajstić information content (AvgIpc) is 3.29. The van der Waals surface area contributed by atoms with Gasteiger partial charge in [-0.3, -0.25) is 9.59 Å². The van der Waals surface area contributed by atoms with Crippen LogP contribution in [0.4, 0.5) is 5.69 Å². The first-order valence-corrected chi connectivity index (χ1v) is 7.60. The van der Waals surface area contributed by atoms with Gasteiger partial charge in [0.1, 0.15) is 0 Å². The summed E-state index contributed by atoms with van der Waals surface area (Å²) in [5.74, 6) is -0.131. The van der Waals surface area contributed by atoms with Crippen molar-refractivity contribution < 1.29 is 9.59 Å². The van der Waals surface area contributed by atoms with E-state index in [2.05, 4.69) is 22.9 Å². The molecule has 5 heteroatoms. The number of carbonyl (C=O) groups excluding carboxylic acids is 2. The largest absolute Gasteiger partial charge is 0.385 e. The monoisotopic (exact) mass is 289 g/mol. The SMILES string of the molecule is CCCNc1ccc(C(=O)NCCC(=O)NC2CC2)cc1. The van der Waals surface area contributed by atoms with Crippen LogP contribution in [0.2, 0.25) is 0 Å². The summed E-state index contributed by atoms with van der Waals surface area (Å²) in [7, 11) is 0. The van der Waals surface area contributed by atoms with Crippen molar-refractivity contribution in [1.29, 1.82) is 0 Å². The Labute approximate surface area is 125 Å². The summed E-state index contributed by atoms with van der Waals surface area (Å²) in [5.41, 5.74) is 1.62. The van der Waals surface area contributed by atoms with E-state index in [0.717, 1.165) is 31.5 Å². The quantitative estimate of drug-likeness (QED) is 0.684. The fourth-order valence-electron chi connectivity index (χ4n) is 1.93. The molecule has 1 aliphatic carbocycles. The first-order chi connectivity index (χ1) is 10.2. The third kappa shape index (κ3) is 5.45. The lowest BCUT2D eigenvalue weighted by molar-refractivity contribution is -0.121. The van der Waals surface area contributed by atoms with E-state index in [1.54, 1.807) is 12.1 Å².